The van der Waals surface area contributed by atoms with Gasteiger partial charge in [0.05, 0.1) is 12.1 Å². The molecule has 0 aromatic heterocycles. The molecule has 0 aromatic rings. The first-order valence-corrected chi connectivity index (χ1v) is 8.13. The fraction of sp³-hybridized carbons (Fsp3) is 0.875. The minimum absolute atomic E-state index is 0.228. The summed E-state index contributed by atoms with van der Waals surface area (Å²) in [7, 11) is 1.72. The third kappa shape index (κ3) is 12.0. The lowest BCUT2D eigenvalue weighted by atomic mass is 10.1. The van der Waals surface area contributed by atoms with E-state index in [2.05, 4.69) is 16.0 Å². The van der Waals surface area contributed by atoms with E-state index in [0.29, 0.717) is 6.54 Å². The number of amides is 2. The van der Waals surface area contributed by atoms with E-state index in [9.17, 15) is 14.7 Å². The van der Waals surface area contributed by atoms with Gasteiger partial charge in [-0.15, -0.1) is 0 Å². The predicted octanol–water partition coefficient (Wildman–Crippen LogP) is 1.37. The summed E-state index contributed by atoms with van der Waals surface area (Å²) in [5.74, 6) is 0. The van der Waals surface area contributed by atoms with Crippen molar-refractivity contribution in [1.82, 2.24) is 16.0 Å². The SMILES string of the molecule is CNC[C@H](NC(=O)OC(C)(C)C)C(O)CCNC(=O)OC(C)(C)C. The summed E-state index contributed by atoms with van der Waals surface area (Å²) in [5, 5.41) is 18.3. The molecule has 0 radical (unpaired) electrons. The lowest BCUT2D eigenvalue weighted by Crippen LogP contribution is -2.50. The Hall–Kier alpha value is -1.54. The molecule has 0 aromatic carbocycles. The zero-order valence-electron chi connectivity index (χ0n) is 15.9. The number of aliphatic hydroxyl groups excluding tert-OH is 1. The number of alkyl carbamates (subject to hydrolysis) is 2. The molecule has 4 N–H and O–H groups in total. The Morgan fingerprint density at radius 1 is 1.00 bits per heavy atom. The highest BCUT2D eigenvalue weighted by Crippen LogP contribution is 2.08. The third-order valence-electron chi connectivity index (χ3n) is 2.70. The van der Waals surface area contributed by atoms with Crippen LogP contribution in [0, 0.1) is 0 Å². The average Bonchev–Trinajstić information content (AvgIpc) is 2.33. The quantitative estimate of drug-likeness (QED) is 0.554. The van der Waals surface area contributed by atoms with E-state index < -0.39 is 35.5 Å². The number of ether oxygens (including phenoxy) is 2. The van der Waals surface area contributed by atoms with Crippen LogP contribution in [0.4, 0.5) is 9.59 Å². The van der Waals surface area contributed by atoms with Crippen molar-refractivity contribution in [3.63, 3.8) is 0 Å². The molecule has 0 aliphatic heterocycles. The van der Waals surface area contributed by atoms with Gasteiger partial charge in [-0.05, 0) is 55.0 Å². The molecular weight excluding hydrogens is 314 g/mol. The van der Waals surface area contributed by atoms with Gasteiger partial charge in [-0.1, -0.05) is 0 Å². The van der Waals surface area contributed by atoms with Crippen molar-refractivity contribution in [3.8, 4) is 0 Å². The van der Waals surface area contributed by atoms with Crippen molar-refractivity contribution in [2.24, 2.45) is 0 Å². The topological polar surface area (TPSA) is 109 Å². The highest BCUT2D eigenvalue weighted by atomic mass is 16.6. The maximum absolute atomic E-state index is 11.8. The fourth-order valence-electron chi connectivity index (χ4n) is 1.80. The summed E-state index contributed by atoms with van der Waals surface area (Å²) in [6.07, 6.45) is -1.72. The van der Waals surface area contributed by atoms with E-state index >= 15 is 0 Å². The first kappa shape index (κ1) is 22.5. The lowest BCUT2D eigenvalue weighted by Gasteiger charge is -2.27. The van der Waals surface area contributed by atoms with Crippen LogP contribution in [0.1, 0.15) is 48.0 Å². The molecule has 0 fully saturated rings. The summed E-state index contributed by atoms with van der Waals surface area (Å²) < 4.78 is 10.3. The van der Waals surface area contributed by atoms with Gasteiger partial charge in [0.1, 0.15) is 11.2 Å². The van der Waals surface area contributed by atoms with Crippen molar-refractivity contribution in [2.75, 3.05) is 20.1 Å². The second-order valence-electron chi connectivity index (χ2n) is 7.60. The van der Waals surface area contributed by atoms with E-state index in [4.69, 9.17) is 9.47 Å². The first-order valence-electron chi connectivity index (χ1n) is 8.13. The molecule has 2 atom stereocenters. The van der Waals surface area contributed by atoms with Gasteiger partial charge in [0, 0.05) is 13.1 Å². The number of hydrogen-bond donors (Lipinski definition) is 4. The predicted molar refractivity (Wildman–Crippen MR) is 91.9 cm³/mol. The largest absolute Gasteiger partial charge is 0.444 e. The second-order valence-corrected chi connectivity index (χ2v) is 7.60. The Balaban J connectivity index is 4.36. The third-order valence-corrected chi connectivity index (χ3v) is 2.70. The minimum Gasteiger partial charge on any atom is -0.444 e. The van der Waals surface area contributed by atoms with Crippen molar-refractivity contribution < 1.29 is 24.2 Å². The number of rotatable bonds is 7. The van der Waals surface area contributed by atoms with Gasteiger partial charge in [-0.25, -0.2) is 9.59 Å². The normalized spacial score (nSPS) is 14.5. The Bertz CT molecular complexity index is 401. The van der Waals surface area contributed by atoms with Crippen LogP contribution in [0.2, 0.25) is 0 Å². The standard InChI is InChI=1S/C16H33N3O5/c1-15(2,3)23-13(21)18-9-8-12(20)11(10-17-7)19-14(22)24-16(4,5)6/h11-12,17,20H,8-10H2,1-7H3,(H,18,21)(H,19,22)/t11-,12?/m0/s1. The Morgan fingerprint density at radius 2 is 1.50 bits per heavy atom. The van der Waals surface area contributed by atoms with Crippen molar-refractivity contribution in [3.05, 3.63) is 0 Å². The molecule has 1 unspecified atom stereocenters. The van der Waals surface area contributed by atoms with Crippen LogP contribution in [0.25, 0.3) is 0 Å². The first-order chi connectivity index (χ1) is 10.8. The van der Waals surface area contributed by atoms with E-state index in [1.165, 1.54) is 0 Å². The second kappa shape index (κ2) is 9.68. The highest BCUT2D eigenvalue weighted by Gasteiger charge is 2.24. The molecule has 24 heavy (non-hydrogen) atoms. The summed E-state index contributed by atoms with van der Waals surface area (Å²) in [5.41, 5.74) is -1.19. The number of likely N-dealkylation sites (N-methyl/N-ethyl adjacent to an activating group) is 1. The number of carbonyl (C=O) groups is 2. The van der Waals surface area contributed by atoms with Gasteiger partial charge in [-0.2, -0.15) is 0 Å². The Labute approximate surface area is 144 Å². The lowest BCUT2D eigenvalue weighted by molar-refractivity contribution is 0.0397. The molecule has 0 rings (SSSR count). The molecule has 0 saturated heterocycles. The molecule has 142 valence electrons. The maximum Gasteiger partial charge on any atom is 0.408 e. The molecule has 0 bridgehead atoms. The minimum atomic E-state index is -0.847. The molecule has 8 heteroatoms. The van der Waals surface area contributed by atoms with Crippen LogP contribution in [0.5, 0.6) is 0 Å². The molecule has 0 saturated carbocycles. The zero-order valence-corrected chi connectivity index (χ0v) is 15.9. The van der Waals surface area contributed by atoms with Gasteiger partial charge >= 0.3 is 12.2 Å². The van der Waals surface area contributed by atoms with Gasteiger partial charge < -0.3 is 30.5 Å². The zero-order chi connectivity index (χ0) is 19.0. The van der Waals surface area contributed by atoms with Crippen LogP contribution in [0.3, 0.4) is 0 Å². The van der Waals surface area contributed by atoms with Crippen LogP contribution in [-0.4, -0.2) is 60.8 Å². The van der Waals surface area contributed by atoms with Crippen molar-refractivity contribution in [2.45, 2.75) is 71.3 Å². The number of aliphatic hydroxyl groups is 1. The fourth-order valence-corrected chi connectivity index (χ4v) is 1.80. The molecule has 0 aliphatic carbocycles. The summed E-state index contributed by atoms with van der Waals surface area (Å²) in [6.45, 7) is 11.2. The number of nitrogens with one attached hydrogen (secondary N) is 3. The van der Waals surface area contributed by atoms with Gasteiger partial charge in [0.25, 0.3) is 0 Å². The molecule has 2 amide bonds. The molecule has 0 spiro atoms. The van der Waals surface area contributed by atoms with Crippen molar-refractivity contribution in [1.29, 1.82) is 0 Å². The molecule has 8 nitrogen and oxygen atoms in total. The summed E-state index contributed by atoms with van der Waals surface area (Å²) in [6, 6.07) is -0.537. The van der Waals surface area contributed by atoms with E-state index in [1.807, 2.05) is 0 Å². The highest BCUT2D eigenvalue weighted by molar-refractivity contribution is 5.68. The monoisotopic (exact) mass is 347 g/mol. The number of hydrogen-bond acceptors (Lipinski definition) is 6. The van der Waals surface area contributed by atoms with Crippen LogP contribution in [-0.2, 0) is 9.47 Å². The van der Waals surface area contributed by atoms with Crippen molar-refractivity contribution >= 4 is 12.2 Å². The van der Waals surface area contributed by atoms with Crippen LogP contribution < -0.4 is 16.0 Å². The smallest absolute Gasteiger partial charge is 0.408 e. The summed E-state index contributed by atoms with van der Waals surface area (Å²) >= 11 is 0. The Morgan fingerprint density at radius 3 is 1.96 bits per heavy atom. The maximum atomic E-state index is 11.8. The van der Waals surface area contributed by atoms with Gasteiger partial charge in [-0.3, -0.25) is 0 Å². The molecular formula is C16H33N3O5. The average molecular weight is 347 g/mol. The summed E-state index contributed by atoms with van der Waals surface area (Å²) in [4.78, 5) is 23.4. The molecule has 0 aliphatic rings. The van der Waals surface area contributed by atoms with E-state index in [0.717, 1.165) is 0 Å². The molecule has 0 heterocycles. The van der Waals surface area contributed by atoms with Gasteiger partial charge in [0.2, 0.25) is 0 Å². The van der Waals surface area contributed by atoms with Gasteiger partial charge in [0.15, 0.2) is 0 Å². The number of carbonyl (C=O) groups excluding carboxylic acids is 2. The van der Waals surface area contributed by atoms with E-state index in [1.54, 1.807) is 48.6 Å². The van der Waals surface area contributed by atoms with Crippen LogP contribution in [0.15, 0.2) is 0 Å². The Kier molecular flexibility index (Phi) is 9.06. The van der Waals surface area contributed by atoms with E-state index in [-0.39, 0.29) is 13.0 Å². The van der Waals surface area contributed by atoms with Crippen LogP contribution >= 0.6 is 0 Å².